The van der Waals surface area contributed by atoms with E-state index in [1.807, 2.05) is 0 Å². The van der Waals surface area contributed by atoms with E-state index >= 15 is 0 Å². The Morgan fingerprint density at radius 1 is 1.45 bits per heavy atom. The number of fused-ring (bicyclic) bond motifs is 2. The molecular weight excluding hydrogens is 260 g/mol. The molecule has 2 aliphatic heterocycles. The highest BCUT2D eigenvalue weighted by molar-refractivity contribution is 5.92. The summed E-state index contributed by atoms with van der Waals surface area (Å²) in [6, 6.07) is 0. The van der Waals surface area contributed by atoms with Gasteiger partial charge in [-0.15, -0.1) is 0 Å². The lowest BCUT2D eigenvalue weighted by atomic mass is 9.66. The van der Waals surface area contributed by atoms with Gasteiger partial charge in [0, 0.05) is 17.1 Å². The molecule has 5 heteroatoms. The van der Waals surface area contributed by atoms with E-state index in [-0.39, 0.29) is 17.5 Å². The Morgan fingerprint density at radius 2 is 2.30 bits per heavy atom. The molecule has 1 spiro atoms. The predicted molar refractivity (Wildman–Crippen MR) is 69.8 cm³/mol. The van der Waals surface area contributed by atoms with Crippen molar-refractivity contribution in [3.8, 4) is 0 Å². The quantitative estimate of drug-likeness (QED) is 0.435. The van der Waals surface area contributed by atoms with Gasteiger partial charge < -0.3 is 14.2 Å². The zero-order chi connectivity index (χ0) is 14.2. The predicted octanol–water partition coefficient (Wildman–Crippen LogP) is 1.53. The monoisotopic (exact) mass is 278 g/mol. The van der Waals surface area contributed by atoms with Crippen LogP contribution in [0.15, 0.2) is 23.8 Å². The molecule has 0 radical (unpaired) electrons. The van der Waals surface area contributed by atoms with Crippen LogP contribution in [-0.4, -0.2) is 37.9 Å². The van der Waals surface area contributed by atoms with E-state index in [1.165, 1.54) is 13.2 Å². The molecule has 2 heterocycles. The molecule has 1 aliphatic carbocycles. The number of epoxide rings is 1. The van der Waals surface area contributed by atoms with Crippen LogP contribution in [0.3, 0.4) is 0 Å². The largest absolute Gasteiger partial charge is 0.466 e. The van der Waals surface area contributed by atoms with Crippen molar-refractivity contribution in [2.45, 2.75) is 37.9 Å². The minimum absolute atomic E-state index is 0.141. The molecule has 0 aromatic carbocycles. The van der Waals surface area contributed by atoms with Crippen LogP contribution in [0, 0.1) is 5.41 Å². The number of rotatable bonds is 2. The van der Waals surface area contributed by atoms with Crippen molar-refractivity contribution >= 4 is 11.9 Å². The van der Waals surface area contributed by atoms with Crippen molar-refractivity contribution in [3.63, 3.8) is 0 Å². The van der Waals surface area contributed by atoms with Crippen molar-refractivity contribution < 1.29 is 23.8 Å². The molecule has 3 fully saturated rings. The van der Waals surface area contributed by atoms with Gasteiger partial charge in [0.15, 0.2) is 0 Å². The molecule has 0 bridgehead atoms. The van der Waals surface area contributed by atoms with Gasteiger partial charge in [0.1, 0.15) is 0 Å². The minimum Gasteiger partial charge on any atom is -0.466 e. The first kappa shape index (κ1) is 13.4. The van der Waals surface area contributed by atoms with Gasteiger partial charge in [-0.25, -0.2) is 9.59 Å². The van der Waals surface area contributed by atoms with E-state index in [0.29, 0.717) is 18.3 Å². The number of hydrogen-bond donors (Lipinski definition) is 0. The molecule has 108 valence electrons. The molecule has 0 aromatic heterocycles. The smallest absolute Gasteiger partial charge is 0.334 e. The fourth-order valence-electron chi connectivity index (χ4n) is 3.43. The molecule has 1 saturated carbocycles. The number of hydrogen-bond acceptors (Lipinski definition) is 5. The maximum atomic E-state index is 12.1. The zero-order valence-corrected chi connectivity index (χ0v) is 11.5. The molecule has 5 nitrogen and oxygen atoms in total. The fraction of sp³-hybridized carbons (Fsp3) is 0.600. The Bertz CT molecular complexity index is 488. The molecule has 20 heavy (non-hydrogen) atoms. The highest BCUT2D eigenvalue weighted by Crippen LogP contribution is 2.56. The highest BCUT2D eigenvalue weighted by Gasteiger charge is 2.60. The van der Waals surface area contributed by atoms with Crippen molar-refractivity contribution in [3.05, 3.63) is 23.8 Å². The molecule has 3 aliphatic rings. The lowest BCUT2D eigenvalue weighted by Gasteiger charge is -2.39. The van der Waals surface area contributed by atoms with Gasteiger partial charge >= 0.3 is 11.9 Å². The highest BCUT2D eigenvalue weighted by atomic mass is 16.6. The van der Waals surface area contributed by atoms with Crippen molar-refractivity contribution in [1.29, 1.82) is 0 Å². The third kappa shape index (κ3) is 2.16. The van der Waals surface area contributed by atoms with E-state index in [1.54, 1.807) is 12.2 Å². The average Bonchev–Trinajstić information content (AvgIpc) is 3.23. The number of ether oxygens (including phenoxy) is 3. The van der Waals surface area contributed by atoms with Crippen LogP contribution in [0.2, 0.25) is 0 Å². The summed E-state index contributed by atoms with van der Waals surface area (Å²) >= 11 is 0. The Hall–Kier alpha value is -1.62. The number of methoxy groups -OCH3 is 1. The van der Waals surface area contributed by atoms with Gasteiger partial charge in [0.2, 0.25) is 0 Å². The second-order valence-corrected chi connectivity index (χ2v) is 5.49. The average molecular weight is 278 g/mol. The summed E-state index contributed by atoms with van der Waals surface area (Å²) in [6.45, 7) is 0.448. The molecule has 0 amide bonds. The van der Waals surface area contributed by atoms with Gasteiger partial charge in [-0.1, -0.05) is 12.2 Å². The third-order valence-electron chi connectivity index (χ3n) is 4.47. The van der Waals surface area contributed by atoms with Crippen LogP contribution in [0.4, 0.5) is 0 Å². The normalized spacial score (nSPS) is 37.9. The van der Waals surface area contributed by atoms with Gasteiger partial charge in [0.05, 0.1) is 25.9 Å². The fourth-order valence-corrected chi connectivity index (χ4v) is 3.43. The Morgan fingerprint density at radius 3 is 3.10 bits per heavy atom. The summed E-state index contributed by atoms with van der Waals surface area (Å²) in [4.78, 5) is 23.2. The molecule has 2 saturated heterocycles. The van der Waals surface area contributed by atoms with Crippen LogP contribution in [0.25, 0.3) is 0 Å². The molecule has 0 aromatic rings. The number of carbonyl (C=O) groups is 2. The zero-order valence-electron chi connectivity index (χ0n) is 11.5. The first-order valence-corrected chi connectivity index (χ1v) is 6.97. The molecule has 0 unspecified atom stereocenters. The van der Waals surface area contributed by atoms with Crippen LogP contribution in [0.1, 0.15) is 25.7 Å². The second kappa shape index (κ2) is 5.05. The number of esters is 2. The third-order valence-corrected chi connectivity index (χ3v) is 4.47. The number of allylic oxidation sites excluding steroid dienone is 2. The van der Waals surface area contributed by atoms with Crippen LogP contribution in [0.5, 0.6) is 0 Å². The summed E-state index contributed by atoms with van der Waals surface area (Å²) in [7, 11) is 1.32. The summed E-state index contributed by atoms with van der Waals surface area (Å²) < 4.78 is 15.4. The topological polar surface area (TPSA) is 65.1 Å². The Balaban J connectivity index is 1.87. The van der Waals surface area contributed by atoms with E-state index in [4.69, 9.17) is 9.47 Å². The lowest BCUT2D eigenvalue weighted by molar-refractivity contribution is -0.146. The van der Waals surface area contributed by atoms with Crippen molar-refractivity contribution in [2.75, 3.05) is 13.7 Å². The summed E-state index contributed by atoms with van der Waals surface area (Å²) in [5.74, 6) is -0.730. The SMILES string of the molecule is COC(=O)/C=C/C=C1\C(=O)OCC[C@@]12CCC[C@@H]1O[C@@H]12. The molecular formula is C15H18O5. The Labute approximate surface area is 117 Å². The Kier molecular flexibility index (Phi) is 3.38. The molecule has 3 rings (SSSR count). The van der Waals surface area contributed by atoms with Crippen molar-refractivity contribution in [1.82, 2.24) is 0 Å². The summed E-state index contributed by atoms with van der Waals surface area (Å²) in [6.07, 6.45) is 8.86. The minimum atomic E-state index is -0.440. The maximum Gasteiger partial charge on any atom is 0.334 e. The number of cyclic esters (lactones) is 1. The van der Waals surface area contributed by atoms with Crippen LogP contribution in [-0.2, 0) is 23.8 Å². The maximum absolute atomic E-state index is 12.1. The summed E-state index contributed by atoms with van der Waals surface area (Å²) in [5.41, 5.74) is 0.412. The van der Waals surface area contributed by atoms with E-state index in [0.717, 1.165) is 25.7 Å². The molecule has 0 N–H and O–H groups in total. The second-order valence-electron chi connectivity index (χ2n) is 5.49. The van der Waals surface area contributed by atoms with E-state index in [9.17, 15) is 9.59 Å². The first-order chi connectivity index (χ1) is 9.67. The lowest BCUT2D eigenvalue weighted by Crippen LogP contribution is -2.42. The van der Waals surface area contributed by atoms with E-state index < -0.39 is 5.97 Å². The summed E-state index contributed by atoms with van der Waals surface area (Å²) in [5, 5.41) is 0. The van der Waals surface area contributed by atoms with Crippen LogP contribution < -0.4 is 0 Å². The van der Waals surface area contributed by atoms with E-state index in [2.05, 4.69) is 4.74 Å². The molecule has 3 atom stereocenters. The standard InChI is InChI=1S/C15H18O5/c1-18-12(16)6-2-4-10-14(17)19-9-8-15(10)7-3-5-11-13(15)20-11/h2,4,6,11,13H,3,5,7-9H2,1H3/b6-2+,10-4+/t11-,13-,15-/m0/s1. The van der Waals surface area contributed by atoms with Gasteiger partial charge in [0.25, 0.3) is 0 Å². The van der Waals surface area contributed by atoms with Crippen molar-refractivity contribution in [2.24, 2.45) is 5.41 Å². The first-order valence-electron chi connectivity index (χ1n) is 6.97. The number of carbonyl (C=O) groups excluding carboxylic acids is 2. The van der Waals surface area contributed by atoms with Gasteiger partial charge in [-0.3, -0.25) is 0 Å². The van der Waals surface area contributed by atoms with Crippen LogP contribution >= 0.6 is 0 Å². The van der Waals surface area contributed by atoms with Gasteiger partial charge in [-0.2, -0.15) is 0 Å². The van der Waals surface area contributed by atoms with Gasteiger partial charge in [-0.05, 0) is 25.7 Å².